The molecule has 7 nitrogen and oxygen atoms in total. The quantitative estimate of drug-likeness (QED) is 0.748. The molecule has 2 aliphatic rings. The molecule has 0 bridgehead atoms. The first-order chi connectivity index (χ1) is 13.1. The predicted octanol–water partition coefficient (Wildman–Crippen LogP) is 0.407. The molecule has 3 rings (SSSR count). The van der Waals surface area contributed by atoms with E-state index in [9.17, 15) is 9.59 Å². The molecular formula is C20H30N4O3. The number of rotatable bonds is 7. The fourth-order valence-electron chi connectivity index (χ4n) is 3.69. The summed E-state index contributed by atoms with van der Waals surface area (Å²) in [6.07, 6.45) is 1.38. The Bertz CT molecular complexity index is 609. The number of benzene rings is 1. The lowest BCUT2D eigenvalue weighted by Crippen LogP contribution is -2.51. The van der Waals surface area contributed by atoms with Crippen LogP contribution in [0.5, 0.6) is 5.75 Å². The van der Waals surface area contributed by atoms with Crippen LogP contribution >= 0.6 is 0 Å². The van der Waals surface area contributed by atoms with Crippen molar-refractivity contribution in [1.82, 2.24) is 14.7 Å². The summed E-state index contributed by atoms with van der Waals surface area (Å²) in [7, 11) is 0. The number of hydrogen-bond donors (Lipinski definition) is 1. The van der Waals surface area contributed by atoms with E-state index in [1.165, 1.54) is 0 Å². The minimum Gasteiger partial charge on any atom is -0.492 e. The van der Waals surface area contributed by atoms with Crippen LogP contribution in [0, 0.1) is 5.92 Å². The second-order valence-corrected chi connectivity index (χ2v) is 7.34. The van der Waals surface area contributed by atoms with Crippen molar-refractivity contribution >= 4 is 11.8 Å². The largest absolute Gasteiger partial charge is 0.492 e. The van der Waals surface area contributed by atoms with Crippen molar-refractivity contribution in [2.45, 2.75) is 12.8 Å². The van der Waals surface area contributed by atoms with Crippen molar-refractivity contribution in [2.75, 3.05) is 59.0 Å². The van der Waals surface area contributed by atoms with Gasteiger partial charge in [0, 0.05) is 51.7 Å². The molecule has 0 spiro atoms. The van der Waals surface area contributed by atoms with Gasteiger partial charge in [-0.25, -0.2) is 0 Å². The highest BCUT2D eigenvalue weighted by Gasteiger charge is 2.27. The Morgan fingerprint density at radius 2 is 1.59 bits per heavy atom. The van der Waals surface area contributed by atoms with Gasteiger partial charge < -0.3 is 15.4 Å². The van der Waals surface area contributed by atoms with Crippen LogP contribution in [0.15, 0.2) is 30.3 Å². The molecule has 2 N–H and O–H groups in total. The standard InChI is InChI=1S/C20H30N4O3/c21-20(26)17-6-8-24(9-7-17)19(25)16-23-12-10-22(11-13-23)14-15-27-18-4-2-1-3-5-18/h1-5,17H,6-16H2,(H2,21,26). The Morgan fingerprint density at radius 1 is 0.963 bits per heavy atom. The number of nitrogens with zero attached hydrogens (tertiary/aromatic N) is 3. The Balaban J connectivity index is 1.31. The van der Waals surface area contributed by atoms with E-state index in [4.69, 9.17) is 10.5 Å². The maximum Gasteiger partial charge on any atom is 0.236 e. The molecule has 0 aromatic heterocycles. The lowest BCUT2D eigenvalue weighted by molar-refractivity contribution is -0.136. The van der Waals surface area contributed by atoms with Gasteiger partial charge in [-0.15, -0.1) is 0 Å². The maximum absolute atomic E-state index is 12.5. The molecular weight excluding hydrogens is 344 g/mol. The van der Waals surface area contributed by atoms with E-state index in [1.807, 2.05) is 35.2 Å². The van der Waals surface area contributed by atoms with Gasteiger partial charge in [-0.2, -0.15) is 0 Å². The number of para-hydroxylation sites is 1. The van der Waals surface area contributed by atoms with Crippen LogP contribution in [0.2, 0.25) is 0 Å². The summed E-state index contributed by atoms with van der Waals surface area (Å²) in [6, 6.07) is 9.86. The summed E-state index contributed by atoms with van der Waals surface area (Å²) in [5.74, 6) is 0.755. The zero-order valence-electron chi connectivity index (χ0n) is 15.9. The van der Waals surface area contributed by atoms with Crippen LogP contribution < -0.4 is 10.5 Å². The maximum atomic E-state index is 12.5. The number of likely N-dealkylation sites (tertiary alicyclic amines) is 1. The van der Waals surface area contributed by atoms with Gasteiger partial charge in [0.1, 0.15) is 12.4 Å². The first-order valence-electron chi connectivity index (χ1n) is 9.81. The van der Waals surface area contributed by atoms with Crippen molar-refractivity contribution in [3.63, 3.8) is 0 Å². The first kappa shape index (κ1) is 19.6. The lowest BCUT2D eigenvalue weighted by atomic mass is 9.96. The molecule has 2 aliphatic heterocycles. The number of hydrogen-bond acceptors (Lipinski definition) is 5. The minimum atomic E-state index is -0.241. The van der Waals surface area contributed by atoms with Gasteiger partial charge in [0.05, 0.1) is 6.54 Å². The highest BCUT2D eigenvalue weighted by molar-refractivity contribution is 5.80. The number of primary amides is 1. The molecule has 2 amide bonds. The van der Waals surface area contributed by atoms with E-state index >= 15 is 0 Å². The fourth-order valence-corrected chi connectivity index (χ4v) is 3.69. The average molecular weight is 374 g/mol. The summed E-state index contributed by atoms with van der Waals surface area (Å²) >= 11 is 0. The van der Waals surface area contributed by atoms with E-state index < -0.39 is 0 Å². The monoisotopic (exact) mass is 374 g/mol. The summed E-state index contributed by atoms with van der Waals surface area (Å²) in [6.45, 7) is 7.03. The third-order valence-corrected chi connectivity index (χ3v) is 5.49. The molecule has 2 saturated heterocycles. The van der Waals surface area contributed by atoms with Gasteiger partial charge in [0.2, 0.25) is 11.8 Å². The molecule has 2 heterocycles. The minimum absolute atomic E-state index is 0.0734. The van der Waals surface area contributed by atoms with Crippen molar-refractivity contribution in [3.8, 4) is 5.75 Å². The highest BCUT2D eigenvalue weighted by atomic mass is 16.5. The average Bonchev–Trinajstić information content (AvgIpc) is 2.70. The van der Waals surface area contributed by atoms with E-state index in [1.54, 1.807) is 0 Å². The van der Waals surface area contributed by atoms with Crippen molar-refractivity contribution in [3.05, 3.63) is 30.3 Å². The SMILES string of the molecule is NC(=O)C1CCN(C(=O)CN2CCN(CCOc3ccccc3)CC2)CC1. The van der Waals surface area contributed by atoms with Crippen molar-refractivity contribution in [2.24, 2.45) is 11.7 Å². The molecule has 1 aromatic carbocycles. The molecule has 1 aromatic rings. The number of amides is 2. The molecule has 2 fully saturated rings. The second kappa shape index (κ2) is 9.71. The molecule has 0 radical (unpaired) electrons. The van der Waals surface area contributed by atoms with E-state index in [0.29, 0.717) is 39.1 Å². The van der Waals surface area contributed by atoms with Gasteiger partial charge in [-0.05, 0) is 25.0 Å². The van der Waals surface area contributed by atoms with Crippen molar-refractivity contribution < 1.29 is 14.3 Å². The third-order valence-electron chi connectivity index (χ3n) is 5.49. The highest BCUT2D eigenvalue weighted by Crippen LogP contribution is 2.17. The van der Waals surface area contributed by atoms with Gasteiger partial charge in [-0.3, -0.25) is 19.4 Å². The van der Waals surface area contributed by atoms with Crippen LogP contribution in [0.25, 0.3) is 0 Å². The van der Waals surface area contributed by atoms with E-state index in [0.717, 1.165) is 38.5 Å². The summed E-state index contributed by atoms with van der Waals surface area (Å²) in [5, 5.41) is 0. The summed E-state index contributed by atoms with van der Waals surface area (Å²) < 4.78 is 5.76. The number of piperidine rings is 1. The number of nitrogens with two attached hydrogens (primary N) is 1. The van der Waals surface area contributed by atoms with E-state index in [-0.39, 0.29) is 17.7 Å². The molecule has 148 valence electrons. The lowest BCUT2D eigenvalue weighted by Gasteiger charge is -2.36. The zero-order chi connectivity index (χ0) is 19.1. The smallest absolute Gasteiger partial charge is 0.236 e. The number of piperazine rings is 1. The Kier molecular flexibility index (Phi) is 7.06. The van der Waals surface area contributed by atoms with E-state index in [2.05, 4.69) is 9.80 Å². The second-order valence-electron chi connectivity index (χ2n) is 7.34. The normalized spacial score (nSPS) is 19.8. The van der Waals surface area contributed by atoms with Crippen LogP contribution in [-0.4, -0.2) is 85.5 Å². The summed E-state index contributed by atoms with van der Waals surface area (Å²) in [5.41, 5.74) is 5.35. The Hall–Kier alpha value is -2.12. The molecule has 27 heavy (non-hydrogen) atoms. The summed E-state index contributed by atoms with van der Waals surface area (Å²) in [4.78, 5) is 30.2. The van der Waals surface area contributed by atoms with Gasteiger partial charge in [0.15, 0.2) is 0 Å². The molecule has 0 unspecified atom stereocenters. The third kappa shape index (κ3) is 5.94. The van der Waals surface area contributed by atoms with Gasteiger partial charge in [-0.1, -0.05) is 18.2 Å². The van der Waals surface area contributed by atoms with Crippen LogP contribution in [0.3, 0.4) is 0 Å². The Labute approximate surface area is 161 Å². The number of carbonyl (C=O) groups is 2. The zero-order valence-corrected chi connectivity index (χ0v) is 15.9. The molecule has 0 saturated carbocycles. The van der Waals surface area contributed by atoms with Gasteiger partial charge in [0.25, 0.3) is 0 Å². The molecule has 7 heteroatoms. The molecule has 0 aliphatic carbocycles. The van der Waals surface area contributed by atoms with Gasteiger partial charge >= 0.3 is 0 Å². The van der Waals surface area contributed by atoms with Crippen LogP contribution in [-0.2, 0) is 9.59 Å². The van der Waals surface area contributed by atoms with Crippen LogP contribution in [0.4, 0.5) is 0 Å². The first-order valence-corrected chi connectivity index (χ1v) is 9.81. The van der Waals surface area contributed by atoms with Crippen molar-refractivity contribution in [1.29, 1.82) is 0 Å². The Morgan fingerprint density at radius 3 is 2.22 bits per heavy atom. The predicted molar refractivity (Wildman–Crippen MR) is 103 cm³/mol. The fraction of sp³-hybridized carbons (Fsp3) is 0.600. The topological polar surface area (TPSA) is 79.1 Å². The molecule has 0 atom stereocenters. The number of carbonyl (C=O) groups excluding carboxylic acids is 2. The number of ether oxygens (including phenoxy) is 1. The van der Waals surface area contributed by atoms with Crippen LogP contribution in [0.1, 0.15) is 12.8 Å².